The first kappa shape index (κ1) is 19.3. The number of ether oxygens (including phenoxy) is 1. The van der Waals surface area contributed by atoms with E-state index < -0.39 is 0 Å². The summed E-state index contributed by atoms with van der Waals surface area (Å²) in [5.74, 6) is 0.660. The highest BCUT2D eigenvalue weighted by atomic mass is 16.5. The van der Waals surface area contributed by atoms with E-state index in [1.165, 1.54) is 5.56 Å². The van der Waals surface area contributed by atoms with Gasteiger partial charge in [0.1, 0.15) is 5.82 Å². The summed E-state index contributed by atoms with van der Waals surface area (Å²) in [4.78, 5) is 21.6. The first-order chi connectivity index (χ1) is 13.1. The SMILES string of the molecule is CN(C)C(CNC(=O)c1cccnc1N1CCOCC1)Cc1ccccc1. The second kappa shape index (κ2) is 9.48. The van der Waals surface area contributed by atoms with Gasteiger partial charge in [0.2, 0.25) is 0 Å². The molecule has 3 rings (SSSR count). The Morgan fingerprint density at radius 3 is 2.63 bits per heavy atom. The van der Waals surface area contributed by atoms with Gasteiger partial charge in [-0.3, -0.25) is 4.79 Å². The molecule has 1 atom stereocenters. The Kier molecular flexibility index (Phi) is 6.79. The molecule has 144 valence electrons. The van der Waals surface area contributed by atoms with E-state index in [1.807, 2.05) is 44.4 Å². The van der Waals surface area contributed by atoms with Gasteiger partial charge >= 0.3 is 0 Å². The van der Waals surface area contributed by atoms with E-state index in [0.717, 1.165) is 25.3 Å². The molecule has 1 saturated heterocycles. The first-order valence-electron chi connectivity index (χ1n) is 9.41. The number of hydrogen-bond acceptors (Lipinski definition) is 5. The monoisotopic (exact) mass is 368 g/mol. The molecular weight excluding hydrogens is 340 g/mol. The predicted octanol–water partition coefficient (Wildman–Crippen LogP) is 1.82. The summed E-state index contributed by atoms with van der Waals surface area (Å²) in [6, 6.07) is 14.2. The fourth-order valence-corrected chi connectivity index (χ4v) is 3.23. The van der Waals surface area contributed by atoms with Crippen LogP contribution in [0.1, 0.15) is 15.9 Å². The smallest absolute Gasteiger partial charge is 0.255 e. The number of pyridine rings is 1. The van der Waals surface area contributed by atoms with E-state index in [0.29, 0.717) is 25.3 Å². The summed E-state index contributed by atoms with van der Waals surface area (Å²) in [7, 11) is 4.09. The summed E-state index contributed by atoms with van der Waals surface area (Å²) >= 11 is 0. The lowest BCUT2D eigenvalue weighted by atomic mass is 10.0. The molecule has 1 aromatic carbocycles. The van der Waals surface area contributed by atoms with Gasteiger partial charge in [0.15, 0.2) is 0 Å². The fourth-order valence-electron chi connectivity index (χ4n) is 3.23. The van der Waals surface area contributed by atoms with Crippen molar-refractivity contribution < 1.29 is 9.53 Å². The van der Waals surface area contributed by atoms with Crippen LogP contribution in [0.2, 0.25) is 0 Å². The number of morpholine rings is 1. The van der Waals surface area contributed by atoms with Crippen molar-refractivity contribution in [3.8, 4) is 0 Å². The number of likely N-dealkylation sites (N-methyl/N-ethyl adjacent to an activating group) is 1. The molecule has 0 radical (unpaired) electrons. The van der Waals surface area contributed by atoms with Crippen molar-refractivity contribution >= 4 is 11.7 Å². The third-order valence-corrected chi connectivity index (χ3v) is 4.88. The minimum Gasteiger partial charge on any atom is -0.378 e. The van der Waals surface area contributed by atoms with Crippen LogP contribution in [0.25, 0.3) is 0 Å². The van der Waals surface area contributed by atoms with Crippen LogP contribution in [-0.4, -0.2) is 68.8 Å². The quantitative estimate of drug-likeness (QED) is 0.808. The third-order valence-electron chi connectivity index (χ3n) is 4.88. The largest absolute Gasteiger partial charge is 0.378 e. The van der Waals surface area contributed by atoms with Gasteiger partial charge in [0.25, 0.3) is 5.91 Å². The number of hydrogen-bond donors (Lipinski definition) is 1. The van der Waals surface area contributed by atoms with Crippen molar-refractivity contribution in [2.75, 3.05) is 51.8 Å². The standard InChI is InChI=1S/C21H28N4O2/c1-24(2)18(15-17-7-4-3-5-8-17)16-23-21(26)19-9-6-10-22-20(19)25-11-13-27-14-12-25/h3-10,18H,11-16H2,1-2H3,(H,23,26). The van der Waals surface area contributed by atoms with Gasteiger partial charge in [-0.25, -0.2) is 4.98 Å². The Labute approximate surface area is 161 Å². The number of nitrogens with zero attached hydrogens (tertiary/aromatic N) is 3. The molecule has 6 heteroatoms. The van der Waals surface area contributed by atoms with Crippen LogP contribution < -0.4 is 10.2 Å². The highest BCUT2D eigenvalue weighted by Crippen LogP contribution is 2.18. The maximum absolute atomic E-state index is 12.9. The second-order valence-corrected chi connectivity index (χ2v) is 6.99. The Bertz CT molecular complexity index is 730. The summed E-state index contributed by atoms with van der Waals surface area (Å²) in [5, 5.41) is 3.10. The van der Waals surface area contributed by atoms with Gasteiger partial charge in [-0.15, -0.1) is 0 Å². The van der Waals surface area contributed by atoms with E-state index >= 15 is 0 Å². The zero-order chi connectivity index (χ0) is 19.1. The maximum Gasteiger partial charge on any atom is 0.255 e. The maximum atomic E-state index is 12.9. The molecule has 1 N–H and O–H groups in total. The van der Waals surface area contributed by atoms with Crippen LogP contribution in [0, 0.1) is 0 Å². The van der Waals surface area contributed by atoms with Crippen LogP contribution in [0.3, 0.4) is 0 Å². The lowest BCUT2D eigenvalue weighted by molar-refractivity contribution is 0.0940. The molecule has 1 aromatic heterocycles. The second-order valence-electron chi connectivity index (χ2n) is 6.99. The summed E-state index contributed by atoms with van der Waals surface area (Å²) in [5.41, 5.74) is 1.89. The molecule has 0 bridgehead atoms. The van der Waals surface area contributed by atoms with Crippen LogP contribution >= 0.6 is 0 Å². The van der Waals surface area contributed by atoms with Crippen LogP contribution in [0.5, 0.6) is 0 Å². The minimum atomic E-state index is -0.0792. The normalized spacial score (nSPS) is 15.6. The van der Waals surface area contributed by atoms with Gasteiger partial charge in [0.05, 0.1) is 18.8 Å². The zero-order valence-electron chi connectivity index (χ0n) is 16.1. The van der Waals surface area contributed by atoms with Gasteiger partial charge in [-0.05, 0) is 38.2 Å². The summed E-state index contributed by atoms with van der Waals surface area (Å²) < 4.78 is 5.41. The average Bonchev–Trinajstić information content (AvgIpc) is 2.72. The van der Waals surface area contributed by atoms with E-state index in [1.54, 1.807) is 6.20 Å². The topological polar surface area (TPSA) is 57.7 Å². The minimum absolute atomic E-state index is 0.0792. The number of carbonyl (C=O) groups excluding carboxylic acids is 1. The van der Waals surface area contributed by atoms with Crippen molar-refractivity contribution in [2.24, 2.45) is 0 Å². The molecular formula is C21H28N4O2. The molecule has 2 aromatic rings. The molecule has 1 amide bonds. The van der Waals surface area contributed by atoms with Crippen molar-refractivity contribution in [3.05, 3.63) is 59.8 Å². The molecule has 1 aliphatic heterocycles. The Morgan fingerprint density at radius 2 is 1.93 bits per heavy atom. The molecule has 1 fully saturated rings. The van der Waals surface area contributed by atoms with Crippen molar-refractivity contribution in [3.63, 3.8) is 0 Å². The number of nitrogens with one attached hydrogen (secondary N) is 1. The molecule has 0 aliphatic carbocycles. The van der Waals surface area contributed by atoms with Crippen LogP contribution in [0.4, 0.5) is 5.82 Å². The zero-order valence-corrected chi connectivity index (χ0v) is 16.1. The van der Waals surface area contributed by atoms with E-state index in [2.05, 4.69) is 32.2 Å². The molecule has 2 heterocycles. The lowest BCUT2D eigenvalue weighted by Gasteiger charge is -2.29. The fraction of sp³-hybridized carbons (Fsp3) is 0.429. The van der Waals surface area contributed by atoms with Gasteiger partial charge in [0, 0.05) is 31.9 Å². The van der Waals surface area contributed by atoms with E-state index in [9.17, 15) is 4.79 Å². The third kappa shape index (κ3) is 5.28. The Hall–Kier alpha value is -2.44. The van der Waals surface area contributed by atoms with Crippen LogP contribution in [0.15, 0.2) is 48.7 Å². The molecule has 27 heavy (non-hydrogen) atoms. The Balaban J connectivity index is 1.65. The molecule has 6 nitrogen and oxygen atoms in total. The molecule has 0 spiro atoms. The van der Waals surface area contributed by atoms with Gasteiger partial charge in [-0.2, -0.15) is 0 Å². The molecule has 0 saturated carbocycles. The molecule has 1 aliphatic rings. The van der Waals surface area contributed by atoms with E-state index in [4.69, 9.17) is 4.74 Å². The summed E-state index contributed by atoms with van der Waals surface area (Å²) in [6.45, 7) is 3.42. The Morgan fingerprint density at radius 1 is 1.19 bits per heavy atom. The van der Waals surface area contributed by atoms with Crippen LogP contribution in [-0.2, 0) is 11.2 Å². The number of benzene rings is 1. The summed E-state index contributed by atoms with van der Waals surface area (Å²) in [6.07, 6.45) is 2.62. The predicted molar refractivity (Wildman–Crippen MR) is 107 cm³/mol. The number of anilines is 1. The van der Waals surface area contributed by atoms with Crippen molar-refractivity contribution in [2.45, 2.75) is 12.5 Å². The highest BCUT2D eigenvalue weighted by molar-refractivity contribution is 5.98. The van der Waals surface area contributed by atoms with Gasteiger partial charge < -0.3 is 19.9 Å². The number of amides is 1. The average molecular weight is 368 g/mol. The van der Waals surface area contributed by atoms with Crippen molar-refractivity contribution in [1.29, 1.82) is 0 Å². The number of rotatable bonds is 7. The van der Waals surface area contributed by atoms with Gasteiger partial charge in [-0.1, -0.05) is 30.3 Å². The highest BCUT2D eigenvalue weighted by Gasteiger charge is 2.21. The lowest BCUT2D eigenvalue weighted by Crippen LogP contribution is -2.42. The van der Waals surface area contributed by atoms with E-state index in [-0.39, 0.29) is 11.9 Å². The van der Waals surface area contributed by atoms with Crippen molar-refractivity contribution in [1.82, 2.24) is 15.2 Å². The first-order valence-corrected chi connectivity index (χ1v) is 9.41. The molecule has 1 unspecified atom stereocenters. The number of aromatic nitrogens is 1. The number of carbonyl (C=O) groups is 1.